The van der Waals surface area contributed by atoms with Gasteiger partial charge in [-0.3, -0.25) is 9.69 Å². The van der Waals surface area contributed by atoms with E-state index < -0.39 is 5.97 Å². The lowest BCUT2D eigenvalue weighted by Crippen LogP contribution is -2.29. The van der Waals surface area contributed by atoms with Crippen LogP contribution < -0.4 is 5.32 Å². The van der Waals surface area contributed by atoms with Gasteiger partial charge in [-0.2, -0.15) is 0 Å². The second kappa shape index (κ2) is 10.2. The molecular weight excluding hydrogens is 411 g/mol. The van der Waals surface area contributed by atoms with Crippen LogP contribution in [-0.4, -0.2) is 42.7 Å². The van der Waals surface area contributed by atoms with Crippen LogP contribution in [0.5, 0.6) is 0 Å². The molecule has 3 rings (SSSR count). The Kier molecular flexibility index (Phi) is 7.69. The van der Waals surface area contributed by atoms with E-state index in [9.17, 15) is 14.0 Å². The summed E-state index contributed by atoms with van der Waals surface area (Å²) in [4.78, 5) is 29.2. The van der Waals surface area contributed by atoms with E-state index in [1.807, 2.05) is 0 Å². The first kappa shape index (κ1) is 21.8. The van der Waals surface area contributed by atoms with Crippen molar-refractivity contribution in [2.45, 2.75) is 37.6 Å². The minimum atomic E-state index is -0.394. The number of amides is 1. The molecule has 0 saturated carbocycles. The van der Waals surface area contributed by atoms with E-state index in [0.29, 0.717) is 23.4 Å². The highest BCUT2D eigenvalue weighted by Gasteiger charge is 2.28. The summed E-state index contributed by atoms with van der Waals surface area (Å²) < 4.78 is 17.9. The van der Waals surface area contributed by atoms with Gasteiger partial charge in [-0.05, 0) is 55.0 Å². The molecule has 1 aliphatic rings. The smallest absolute Gasteiger partial charge is 0.341 e. The fourth-order valence-electron chi connectivity index (χ4n) is 3.28. The third-order valence-electron chi connectivity index (χ3n) is 4.86. The highest BCUT2D eigenvalue weighted by atomic mass is 32.2. The molecule has 1 aromatic carbocycles. The Labute approximate surface area is 178 Å². The largest absolute Gasteiger partial charge is 0.465 e. The van der Waals surface area contributed by atoms with Crippen molar-refractivity contribution >= 4 is 40.0 Å². The number of rotatable bonds is 8. The molecule has 1 aliphatic heterocycles. The van der Waals surface area contributed by atoms with Gasteiger partial charge < -0.3 is 10.1 Å². The summed E-state index contributed by atoms with van der Waals surface area (Å²) in [6, 6.07) is 6.33. The fraction of sp³-hybridized carbons (Fsp3) is 0.429. The maximum absolute atomic E-state index is 12.9. The summed E-state index contributed by atoms with van der Waals surface area (Å²) in [5.41, 5.74) is 1.52. The Bertz CT molecular complexity index is 868. The molecule has 0 fully saturated rings. The van der Waals surface area contributed by atoms with Crippen molar-refractivity contribution < 1.29 is 18.7 Å². The maximum atomic E-state index is 12.9. The zero-order valence-electron chi connectivity index (χ0n) is 16.6. The number of hydrogen-bond donors (Lipinski definition) is 1. The molecule has 0 spiro atoms. The van der Waals surface area contributed by atoms with Crippen molar-refractivity contribution in [1.29, 1.82) is 0 Å². The first-order valence-electron chi connectivity index (χ1n) is 9.65. The van der Waals surface area contributed by atoms with Crippen LogP contribution >= 0.6 is 23.1 Å². The second-order valence-electron chi connectivity index (χ2n) is 6.77. The number of fused-ring (bicyclic) bond motifs is 1. The predicted molar refractivity (Wildman–Crippen MR) is 115 cm³/mol. The van der Waals surface area contributed by atoms with Crippen LogP contribution in [0.2, 0.25) is 0 Å². The molecule has 8 heteroatoms. The van der Waals surface area contributed by atoms with E-state index in [-0.39, 0.29) is 11.7 Å². The molecule has 1 aromatic heterocycles. The molecule has 0 bridgehead atoms. The fourth-order valence-corrected chi connectivity index (χ4v) is 5.42. The number of nitrogens with zero attached hydrogens (tertiary/aromatic N) is 1. The molecule has 156 valence electrons. The van der Waals surface area contributed by atoms with Gasteiger partial charge in [-0.1, -0.05) is 6.92 Å². The van der Waals surface area contributed by atoms with E-state index in [4.69, 9.17) is 4.74 Å². The van der Waals surface area contributed by atoms with Crippen LogP contribution in [0.15, 0.2) is 29.2 Å². The van der Waals surface area contributed by atoms with Gasteiger partial charge in [-0.15, -0.1) is 23.1 Å². The van der Waals surface area contributed by atoms with Crippen LogP contribution in [0.4, 0.5) is 9.39 Å². The van der Waals surface area contributed by atoms with E-state index in [2.05, 4.69) is 17.1 Å². The number of anilines is 1. The third kappa shape index (κ3) is 5.58. The van der Waals surface area contributed by atoms with Crippen molar-refractivity contribution in [3.63, 3.8) is 0 Å². The number of halogens is 1. The molecule has 1 N–H and O–H groups in total. The number of benzene rings is 1. The topological polar surface area (TPSA) is 58.6 Å². The average Bonchev–Trinajstić information content (AvgIpc) is 3.08. The zero-order chi connectivity index (χ0) is 20.8. The lowest BCUT2D eigenvalue weighted by molar-refractivity contribution is -0.116. The minimum absolute atomic E-state index is 0.110. The van der Waals surface area contributed by atoms with Gasteiger partial charge >= 0.3 is 5.97 Å². The predicted octanol–water partition coefficient (Wildman–Crippen LogP) is 4.56. The normalized spacial score (nSPS) is 13.8. The van der Waals surface area contributed by atoms with E-state index in [0.717, 1.165) is 47.1 Å². The number of nitrogens with one attached hydrogen (secondary N) is 1. The standard InChI is InChI=1S/C21H25FN2O3S2/c1-3-24-11-10-16-17(13-24)29-20(19(16)21(26)27-2)23-18(25)5-4-12-28-15-8-6-14(22)7-9-15/h6-9H,3-5,10-13H2,1-2H3,(H,23,25). The van der Waals surface area contributed by atoms with Gasteiger partial charge in [0.25, 0.3) is 0 Å². The van der Waals surface area contributed by atoms with Crippen molar-refractivity contribution in [3.05, 3.63) is 46.1 Å². The number of thiophene rings is 1. The Hall–Kier alpha value is -1.90. The number of methoxy groups -OCH3 is 1. The average molecular weight is 437 g/mol. The number of ether oxygens (including phenoxy) is 1. The molecule has 2 heterocycles. The lowest BCUT2D eigenvalue weighted by Gasteiger charge is -2.25. The van der Waals surface area contributed by atoms with Crippen LogP contribution in [0.3, 0.4) is 0 Å². The van der Waals surface area contributed by atoms with Gasteiger partial charge in [0.05, 0.1) is 12.7 Å². The summed E-state index contributed by atoms with van der Waals surface area (Å²) in [5.74, 6) is 0.00114. The molecule has 5 nitrogen and oxygen atoms in total. The number of carbonyl (C=O) groups excluding carboxylic acids is 2. The van der Waals surface area contributed by atoms with Gasteiger partial charge in [-0.25, -0.2) is 9.18 Å². The molecule has 1 amide bonds. The molecular formula is C21H25FN2O3S2. The number of likely N-dealkylation sites (N-methyl/N-ethyl adjacent to an activating group) is 1. The Morgan fingerprint density at radius 3 is 2.76 bits per heavy atom. The van der Waals surface area contributed by atoms with E-state index >= 15 is 0 Å². The zero-order valence-corrected chi connectivity index (χ0v) is 18.3. The van der Waals surface area contributed by atoms with E-state index in [1.54, 1.807) is 23.9 Å². The highest BCUT2D eigenvalue weighted by Crippen LogP contribution is 2.37. The van der Waals surface area contributed by atoms with Gasteiger partial charge in [0.1, 0.15) is 10.8 Å². The molecule has 0 radical (unpaired) electrons. The number of thioether (sulfide) groups is 1. The van der Waals surface area contributed by atoms with Crippen molar-refractivity contribution in [2.75, 3.05) is 31.3 Å². The van der Waals surface area contributed by atoms with Gasteiger partial charge in [0.2, 0.25) is 5.91 Å². The Morgan fingerprint density at radius 1 is 1.31 bits per heavy atom. The number of hydrogen-bond acceptors (Lipinski definition) is 6. The monoisotopic (exact) mass is 436 g/mol. The summed E-state index contributed by atoms with van der Waals surface area (Å²) in [5, 5.41) is 3.52. The first-order chi connectivity index (χ1) is 14.0. The lowest BCUT2D eigenvalue weighted by atomic mass is 10.0. The van der Waals surface area contributed by atoms with Crippen LogP contribution in [0.25, 0.3) is 0 Å². The number of esters is 1. The van der Waals surface area contributed by atoms with Gasteiger partial charge in [0.15, 0.2) is 0 Å². The SMILES string of the molecule is CCN1CCc2c(sc(NC(=O)CCCSc3ccc(F)cc3)c2C(=O)OC)C1. The second-order valence-corrected chi connectivity index (χ2v) is 9.05. The van der Waals surface area contributed by atoms with Crippen LogP contribution in [-0.2, 0) is 22.5 Å². The summed E-state index contributed by atoms with van der Waals surface area (Å²) >= 11 is 3.07. The molecule has 0 saturated heterocycles. The number of carbonyl (C=O) groups is 2. The molecule has 29 heavy (non-hydrogen) atoms. The first-order valence-corrected chi connectivity index (χ1v) is 11.5. The highest BCUT2D eigenvalue weighted by molar-refractivity contribution is 7.99. The third-order valence-corrected chi connectivity index (χ3v) is 7.09. The molecule has 0 unspecified atom stereocenters. The van der Waals surface area contributed by atoms with Crippen molar-refractivity contribution in [3.8, 4) is 0 Å². The molecule has 0 atom stereocenters. The van der Waals surface area contributed by atoms with Crippen molar-refractivity contribution in [1.82, 2.24) is 4.90 Å². The Balaban J connectivity index is 1.58. The van der Waals surface area contributed by atoms with E-state index in [1.165, 1.54) is 30.6 Å². The van der Waals surface area contributed by atoms with Crippen molar-refractivity contribution in [2.24, 2.45) is 0 Å². The molecule has 2 aromatic rings. The Morgan fingerprint density at radius 2 is 2.07 bits per heavy atom. The summed E-state index contributed by atoms with van der Waals surface area (Å²) in [6.07, 6.45) is 1.84. The summed E-state index contributed by atoms with van der Waals surface area (Å²) in [7, 11) is 1.37. The van der Waals surface area contributed by atoms with Gasteiger partial charge in [0, 0.05) is 29.3 Å². The summed E-state index contributed by atoms with van der Waals surface area (Å²) in [6.45, 7) is 4.77. The van der Waals surface area contributed by atoms with Crippen LogP contribution in [0, 0.1) is 5.82 Å². The molecule has 0 aliphatic carbocycles. The maximum Gasteiger partial charge on any atom is 0.341 e. The quantitative estimate of drug-likeness (QED) is 0.373. The van der Waals surface area contributed by atoms with Crippen LogP contribution in [0.1, 0.15) is 40.6 Å². The minimum Gasteiger partial charge on any atom is -0.465 e.